The van der Waals surface area contributed by atoms with Crippen molar-refractivity contribution >= 4 is 27.4 Å². The van der Waals surface area contributed by atoms with Crippen LogP contribution in [0.3, 0.4) is 0 Å². The lowest BCUT2D eigenvalue weighted by molar-refractivity contribution is 0.0972. The molecule has 0 aliphatic carbocycles. The zero-order chi connectivity index (χ0) is 15.5. The highest BCUT2D eigenvalue weighted by Crippen LogP contribution is 2.35. The summed E-state index contributed by atoms with van der Waals surface area (Å²) in [5.74, 6) is 1.02. The summed E-state index contributed by atoms with van der Waals surface area (Å²) < 4.78 is 6.59. The molecule has 114 valence electrons. The summed E-state index contributed by atoms with van der Waals surface area (Å²) in [5, 5.41) is 3.45. The van der Waals surface area contributed by atoms with Crippen LogP contribution in [0.15, 0.2) is 46.9 Å². The Morgan fingerprint density at radius 3 is 2.86 bits per heavy atom. The fraction of sp³-hybridized carbons (Fsp3) is 0.278. The van der Waals surface area contributed by atoms with Crippen LogP contribution in [0.2, 0.25) is 0 Å². The Kier molecular flexibility index (Phi) is 4.48. The average Bonchev–Trinajstić information content (AvgIpc) is 2.53. The van der Waals surface area contributed by atoms with Crippen LogP contribution < -0.4 is 10.1 Å². The average molecular weight is 360 g/mol. The van der Waals surface area contributed by atoms with Gasteiger partial charge in [-0.15, -0.1) is 0 Å². The van der Waals surface area contributed by atoms with Crippen molar-refractivity contribution < 1.29 is 9.53 Å². The van der Waals surface area contributed by atoms with Crippen molar-refractivity contribution in [2.24, 2.45) is 0 Å². The molecule has 4 heteroatoms. The number of hydrogen-bond donors (Lipinski definition) is 1. The summed E-state index contributed by atoms with van der Waals surface area (Å²) in [6.45, 7) is 2.78. The molecule has 0 saturated heterocycles. The van der Waals surface area contributed by atoms with E-state index in [4.69, 9.17) is 4.74 Å². The largest absolute Gasteiger partial charge is 0.492 e. The van der Waals surface area contributed by atoms with Crippen LogP contribution in [0.25, 0.3) is 0 Å². The molecule has 0 amide bonds. The number of hydrogen-bond acceptors (Lipinski definition) is 3. The van der Waals surface area contributed by atoms with Crippen molar-refractivity contribution in [1.29, 1.82) is 0 Å². The molecule has 2 aromatic rings. The van der Waals surface area contributed by atoms with Crippen molar-refractivity contribution in [2.75, 3.05) is 11.9 Å². The summed E-state index contributed by atoms with van der Waals surface area (Å²) in [7, 11) is 0. The van der Waals surface area contributed by atoms with Crippen LogP contribution in [-0.2, 0) is 0 Å². The Morgan fingerprint density at radius 2 is 2.09 bits per heavy atom. The van der Waals surface area contributed by atoms with Gasteiger partial charge in [-0.25, -0.2) is 0 Å². The topological polar surface area (TPSA) is 38.3 Å². The number of para-hydroxylation sites is 1. The molecular formula is C18H18BrNO2. The van der Waals surface area contributed by atoms with Gasteiger partial charge in [-0.3, -0.25) is 4.79 Å². The number of nitrogens with one attached hydrogen (secondary N) is 1. The second-order valence-corrected chi connectivity index (χ2v) is 6.26. The third-order valence-electron chi connectivity index (χ3n) is 3.77. The van der Waals surface area contributed by atoms with E-state index in [1.54, 1.807) is 0 Å². The molecule has 0 bridgehead atoms. The van der Waals surface area contributed by atoms with Crippen molar-refractivity contribution in [3.63, 3.8) is 0 Å². The highest BCUT2D eigenvalue weighted by Gasteiger charge is 2.25. The molecule has 1 heterocycles. The van der Waals surface area contributed by atoms with Gasteiger partial charge in [-0.05, 0) is 52.2 Å². The third kappa shape index (κ3) is 3.02. The third-order valence-corrected chi connectivity index (χ3v) is 4.39. The van der Waals surface area contributed by atoms with E-state index in [1.807, 2.05) is 42.5 Å². The molecular weight excluding hydrogens is 342 g/mol. The summed E-state index contributed by atoms with van der Waals surface area (Å²) in [6.07, 6.45) is 1.45. The Hall–Kier alpha value is -1.81. The van der Waals surface area contributed by atoms with Gasteiger partial charge in [0.15, 0.2) is 5.78 Å². The van der Waals surface area contributed by atoms with Crippen molar-refractivity contribution in [3.05, 3.63) is 58.1 Å². The van der Waals surface area contributed by atoms with Crippen molar-refractivity contribution in [1.82, 2.24) is 0 Å². The summed E-state index contributed by atoms with van der Waals surface area (Å²) in [5.41, 5.74) is 2.77. The van der Waals surface area contributed by atoms with E-state index in [-0.39, 0.29) is 11.8 Å². The quantitative estimate of drug-likeness (QED) is 0.836. The van der Waals surface area contributed by atoms with Crippen molar-refractivity contribution in [3.8, 4) is 5.75 Å². The lowest BCUT2D eigenvalue weighted by Gasteiger charge is -2.26. The van der Waals surface area contributed by atoms with Crippen molar-refractivity contribution in [2.45, 2.75) is 25.8 Å². The van der Waals surface area contributed by atoms with Gasteiger partial charge in [0.05, 0.1) is 17.1 Å². The second-order valence-electron chi connectivity index (χ2n) is 5.41. The van der Waals surface area contributed by atoms with Gasteiger partial charge < -0.3 is 10.1 Å². The molecule has 3 rings (SSSR count). The van der Waals surface area contributed by atoms with Gasteiger partial charge in [0.25, 0.3) is 0 Å². The lowest BCUT2D eigenvalue weighted by atomic mass is 9.92. The first kappa shape index (κ1) is 15.1. The van der Waals surface area contributed by atoms with Gasteiger partial charge in [-0.1, -0.05) is 25.1 Å². The van der Waals surface area contributed by atoms with Gasteiger partial charge in [0.1, 0.15) is 5.75 Å². The van der Waals surface area contributed by atoms with E-state index in [0.29, 0.717) is 13.0 Å². The molecule has 1 aliphatic heterocycles. The molecule has 0 aromatic heterocycles. The summed E-state index contributed by atoms with van der Waals surface area (Å²) >= 11 is 3.55. The molecule has 0 radical (unpaired) electrons. The number of fused-ring (bicyclic) bond motifs is 1. The molecule has 0 saturated carbocycles. The minimum absolute atomic E-state index is 0.000995. The number of anilines is 1. The van der Waals surface area contributed by atoms with E-state index >= 15 is 0 Å². The Balaban J connectivity index is 1.84. The molecule has 22 heavy (non-hydrogen) atoms. The summed E-state index contributed by atoms with van der Waals surface area (Å²) in [6, 6.07) is 13.7. The minimum atomic E-state index is -0.000995. The number of ether oxygens (including phenoxy) is 1. The standard InChI is InChI=1S/C18H18BrNO2/c1-2-9-22-18-8-7-12(10-14(18)19)16-11-17(21)13-5-3-4-6-15(13)20-16/h3-8,10,16,20H,2,9,11H2,1H3. The lowest BCUT2D eigenvalue weighted by Crippen LogP contribution is -2.22. The van der Waals surface area contributed by atoms with Crippen LogP contribution in [0.4, 0.5) is 5.69 Å². The number of ketones is 1. The Morgan fingerprint density at radius 1 is 1.27 bits per heavy atom. The molecule has 2 aromatic carbocycles. The highest BCUT2D eigenvalue weighted by atomic mass is 79.9. The van der Waals surface area contributed by atoms with Gasteiger partial charge >= 0.3 is 0 Å². The van der Waals surface area contributed by atoms with E-state index in [2.05, 4.69) is 28.2 Å². The fourth-order valence-corrected chi connectivity index (χ4v) is 3.16. The smallest absolute Gasteiger partial charge is 0.167 e. The molecule has 1 atom stereocenters. The predicted octanol–water partition coefficient (Wildman–Crippen LogP) is 4.98. The van der Waals surface area contributed by atoms with E-state index < -0.39 is 0 Å². The van der Waals surface area contributed by atoms with E-state index in [1.165, 1.54) is 0 Å². The number of carbonyl (C=O) groups excluding carboxylic acids is 1. The molecule has 1 N–H and O–H groups in total. The zero-order valence-electron chi connectivity index (χ0n) is 12.4. The van der Waals surface area contributed by atoms with Crippen LogP contribution >= 0.6 is 15.9 Å². The minimum Gasteiger partial charge on any atom is -0.492 e. The first-order valence-electron chi connectivity index (χ1n) is 7.50. The SMILES string of the molecule is CCCOc1ccc(C2CC(=O)c3ccccc3N2)cc1Br. The first-order valence-corrected chi connectivity index (χ1v) is 8.29. The number of benzene rings is 2. The van der Waals surface area contributed by atoms with E-state index in [0.717, 1.165) is 33.5 Å². The predicted molar refractivity (Wildman–Crippen MR) is 91.7 cm³/mol. The maximum atomic E-state index is 12.3. The number of carbonyl (C=O) groups is 1. The molecule has 1 unspecified atom stereocenters. The normalized spacial score (nSPS) is 16.8. The van der Waals surface area contributed by atoms with Gasteiger partial charge in [-0.2, -0.15) is 0 Å². The molecule has 0 fully saturated rings. The van der Waals surface area contributed by atoms with Crippen LogP contribution in [0.5, 0.6) is 5.75 Å². The summed E-state index contributed by atoms with van der Waals surface area (Å²) in [4.78, 5) is 12.3. The molecule has 3 nitrogen and oxygen atoms in total. The zero-order valence-corrected chi connectivity index (χ0v) is 14.0. The van der Waals surface area contributed by atoms with Gasteiger partial charge in [0.2, 0.25) is 0 Å². The number of rotatable bonds is 4. The van der Waals surface area contributed by atoms with E-state index in [9.17, 15) is 4.79 Å². The Bertz CT molecular complexity index is 699. The number of halogens is 1. The maximum Gasteiger partial charge on any atom is 0.167 e. The van der Waals surface area contributed by atoms with Crippen LogP contribution in [0.1, 0.15) is 41.7 Å². The number of Topliss-reactive ketones (excluding diaryl/α,β-unsaturated/α-hetero) is 1. The fourth-order valence-electron chi connectivity index (χ4n) is 2.65. The van der Waals surface area contributed by atoms with Crippen LogP contribution in [0, 0.1) is 0 Å². The van der Waals surface area contributed by atoms with Crippen LogP contribution in [-0.4, -0.2) is 12.4 Å². The monoisotopic (exact) mass is 359 g/mol. The molecule has 0 spiro atoms. The first-order chi connectivity index (χ1) is 10.7. The molecule has 1 aliphatic rings. The Labute approximate surface area is 138 Å². The second kappa shape index (κ2) is 6.53. The van der Waals surface area contributed by atoms with Gasteiger partial charge in [0, 0.05) is 17.7 Å². The highest BCUT2D eigenvalue weighted by molar-refractivity contribution is 9.10. The maximum absolute atomic E-state index is 12.3.